The maximum atomic E-state index is 12.5. The number of rotatable bonds is 2. The molecule has 0 radical (unpaired) electrons. The summed E-state index contributed by atoms with van der Waals surface area (Å²) in [5.74, 6) is 0. The lowest BCUT2D eigenvalue weighted by molar-refractivity contribution is -0.109. The van der Waals surface area contributed by atoms with Crippen LogP contribution in [0.25, 0.3) is 0 Å². The van der Waals surface area contributed by atoms with Crippen LogP contribution in [0.3, 0.4) is 0 Å². The van der Waals surface area contributed by atoms with E-state index < -0.39 is 11.9 Å². The Morgan fingerprint density at radius 3 is 2.29 bits per heavy atom. The smallest absolute Gasteiger partial charge is 0.356 e. The highest BCUT2D eigenvalue weighted by Crippen LogP contribution is 2.32. The first kappa shape index (κ1) is 11.2. The Hall–Kier alpha value is -0.870. The summed E-state index contributed by atoms with van der Waals surface area (Å²) >= 11 is 0. The van der Waals surface area contributed by atoms with Gasteiger partial charge in [0.1, 0.15) is 5.70 Å². The van der Waals surface area contributed by atoms with Crippen LogP contribution in [0.5, 0.6) is 0 Å². The van der Waals surface area contributed by atoms with Crippen molar-refractivity contribution in [2.45, 2.75) is 33.0 Å². The Bertz CT molecular complexity index is 233. The number of hydrogen-bond acceptors (Lipinski definition) is 2. The van der Waals surface area contributed by atoms with Crippen LogP contribution in [-0.2, 0) is 0 Å². The molecule has 0 saturated heterocycles. The second kappa shape index (κ2) is 3.71. The van der Waals surface area contributed by atoms with E-state index in [9.17, 15) is 13.2 Å². The van der Waals surface area contributed by atoms with Gasteiger partial charge < -0.3 is 9.80 Å². The largest absolute Gasteiger partial charge is 0.432 e. The maximum Gasteiger partial charge on any atom is 0.432 e. The summed E-state index contributed by atoms with van der Waals surface area (Å²) in [7, 11) is 0. The second-order valence-corrected chi connectivity index (χ2v) is 3.62. The van der Waals surface area contributed by atoms with Gasteiger partial charge in [0.05, 0.1) is 6.67 Å². The third-order valence-corrected chi connectivity index (χ3v) is 2.30. The molecule has 1 rings (SSSR count). The maximum absolute atomic E-state index is 12.5. The van der Waals surface area contributed by atoms with E-state index in [1.807, 2.05) is 13.8 Å². The van der Waals surface area contributed by atoms with E-state index in [0.717, 1.165) is 0 Å². The summed E-state index contributed by atoms with van der Waals surface area (Å²) in [5, 5.41) is 0. The van der Waals surface area contributed by atoms with Gasteiger partial charge >= 0.3 is 6.18 Å². The second-order valence-electron chi connectivity index (χ2n) is 3.62. The quantitative estimate of drug-likeness (QED) is 0.687. The van der Waals surface area contributed by atoms with Gasteiger partial charge in [-0.3, -0.25) is 0 Å². The molecule has 0 aromatic carbocycles. The molecule has 0 bridgehead atoms. The Balaban J connectivity index is 2.84. The van der Waals surface area contributed by atoms with Crippen molar-refractivity contribution < 1.29 is 13.2 Å². The van der Waals surface area contributed by atoms with Crippen LogP contribution in [0, 0.1) is 0 Å². The van der Waals surface area contributed by atoms with Crippen molar-refractivity contribution in [2.75, 3.05) is 13.2 Å². The van der Waals surface area contributed by atoms with Gasteiger partial charge in [0.25, 0.3) is 0 Å². The molecule has 1 aliphatic heterocycles. The monoisotopic (exact) mass is 208 g/mol. The molecule has 1 heterocycles. The predicted molar refractivity (Wildman–Crippen MR) is 48.4 cm³/mol. The first-order chi connectivity index (χ1) is 6.36. The van der Waals surface area contributed by atoms with Crippen LogP contribution in [0.15, 0.2) is 11.9 Å². The molecular formula is C9H15F3N2. The zero-order valence-electron chi connectivity index (χ0n) is 8.60. The molecule has 1 aliphatic rings. The summed E-state index contributed by atoms with van der Waals surface area (Å²) < 4.78 is 37.5. The minimum atomic E-state index is -4.24. The zero-order valence-corrected chi connectivity index (χ0v) is 8.60. The topological polar surface area (TPSA) is 6.48 Å². The average molecular weight is 208 g/mol. The molecule has 0 amide bonds. The van der Waals surface area contributed by atoms with Gasteiger partial charge in [-0.2, -0.15) is 13.2 Å². The molecule has 0 spiro atoms. The Morgan fingerprint density at radius 2 is 2.00 bits per heavy atom. The van der Waals surface area contributed by atoms with Crippen molar-refractivity contribution in [3.8, 4) is 0 Å². The Kier molecular flexibility index (Phi) is 2.97. The molecule has 14 heavy (non-hydrogen) atoms. The highest BCUT2D eigenvalue weighted by Gasteiger charge is 2.41. The van der Waals surface area contributed by atoms with E-state index in [2.05, 4.69) is 0 Å². The van der Waals surface area contributed by atoms with Crippen molar-refractivity contribution in [1.29, 1.82) is 0 Å². The van der Waals surface area contributed by atoms with Crippen molar-refractivity contribution in [1.82, 2.24) is 9.80 Å². The lowest BCUT2D eigenvalue weighted by atomic mass is 10.3. The molecule has 0 N–H and O–H groups in total. The van der Waals surface area contributed by atoms with Crippen LogP contribution >= 0.6 is 0 Å². The van der Waals surface area contributed by atoms with Gasteiger partial charge in [0, 0.05) is 18.8 Å². The first-order valence-corrected chi connectivity index (χ1v) is 4.66. The van der Waals surface area contributed by atoms with E-state index in [1.54, 1.807) is 11.8 Å². The molecule has 0 aromatic rings. The van der Waals surface area contributed by atoms with Crippen LogP contribution in [0.2, 0.25) is 0 Å². The summed E-state index contributed by atoms with van der Waals surface area (Å²) in [6, 6.07) is 0.101. The van der Waals surface area contributed by atoms with E-state index in [4.69, 9.17) is 0 Å². The third kappa shape index (κ3) is 2.13. The van der Waals surface area contributed by atoms with Gasteiger partial charge in [0.15, 0.2) is 0 Å². The van der Waals surface area contributed by atoms with Crippen LogP contribution in [0.4, 0.5) is 13.2 Å². The molecule has 5 heteroatoms. The van der Waals surface area contributed by atoms with Crippen LogP contribution in [0.1, 0.15) is 20.8 Å². The van der Waals surface area contributed by atoms with E-state index in [-0.39, 0.29) is 6.04 Å². The number of allylic oxidation sites excluding steroid dienone is 1. The van der Waals surface area contributed by atoms with E-state index >= 15 is 0 Å². The van der Waals surface area contributed by atoms with Crippen molar-refractivity contribution >= 4 is 0 Å². The van der Waals surface area contributed by atoms with Crippen molar-refractivity contribution in [3.05, 3.63) is 11.9 Å². The first-order valence-electron chi connectivity index (χ1n) is 4.66. The molecule has 0 saturated carbocycles. The molecule has 0 unspecified atom stereocenters. The normalized spacial score (nSPS) is 18.1. The summed E-state index contributed by atoms with van der Waals surface area (Å²) in [6.07, 6.45) is -3.03. The molecule has 2 nitrogen and oxygen atoms in total. The lowest BCUT2D eigenvalue weighted by Gasteiger charge is -2.25. The predicted octanol–water partition coefficient (Wildman–Crippen LogP) is 2.39. The van der Waals surface area contributed by atoms with E-state index in [1.165, 1.54) is 11.1 Å². The fourth-order valence-electron chi connectivity index (χ4n) is 1.39. The van der Waals surface area contributed by atoms with Crippen molar-refractivity contribution in [2.24, 2.45) is 0 Å². The van der Waals surface area contributed by atoms with Gasteiger partial charge in [-0.15, -0.1) is 0 Å². The number of halogens is 3. The summed E-state index contributed by atoms with van der Waals surface area (Å²) in [6.45, 7) is 6.20. The summed E-state index contributed by atoms with van der Waals surface area (Å²) in [5.41, 5.74) is -0.534. The number of alkyl halides is 3. The van der Waals surface area contributed by atoms with Gasteiger partial charge in [-0.1, -0.05) is 0 Å². The zero-order chi connectivity index (χ0) is 10.9. The van der Waals surface area contributed by atoms with Crippen LogP contribution in [-0.4, -0.2) is 35.2 Å². The third-order valence-electron chi connectivity index (χ3n) is 2.30. The molecule has 0 atom stereocenters. The number of hydrogen-bond donors (Lipinski definition) is 0. The molecule has 82 valence electrons. The number of nitrogens with zero attached hydrogens (tertiary/aromatic N) is 2. The molecule has 0 aliphatic carbocycles. The van der Waals surface area contributed by atoms with Gasteiger partial charge in [-0.25, -0.2) is 0 Å². The highest BCUT2D eigenvalue weighted by atomic mass is 19.4. The standard InChI is InChI=1S/C9H15F3N2/c1-4-13-6-14(7(2)3)5-8(13)9(10,11)12/h5,7H,4,6H2,1-3H3. The molecule has 0 fully saturated rings. The molecule has 0 aromatic heterocycles. The fourth-order valence-corrected chi connectivity index (χ4v) is 1.39. The Morgan fingerprint density at radius 1 is 1.43 bits per heavy atom. The van der Waals surface area contributed by atoms with Gasteiger partial charge in [-0.05, 0) is 20.8 Å². The highest BCUT2D eigenvalue weighted by molar-refractivity contribution is 5.12. The SMILES string of the molecule is CCN1CN(C(C)C)C=C1C(F)(F)F. The molecular weight excluding hydrogens is 193 g/mol. The van der Waals surface area contributed by atoms with Gasteiger partial charge in [0.2, 0.25) is 0 Å². The van der Waals surface area contributed by atoms with Crippen LogP contribution < -0.4 is 0 Å². The van der Waals surface area contributed by atoms with E-state index in [0.29, 0.717) is 13.2 Å². The van der Waals surface area contributed by atoms with Crippen molar-refractivity contribution in [3.63, 3.8) is 0 Å². The minimum Gasteiger partial charge on any atom is -0.356 e. The lowest BCUT2D eigenvalue weighted by Crippen LogP contribution is -2.33. The summed E-state index contributed by atoms with van der Waals surface area (Å²) in [4.78, 5) is 3.02. The minimum absolute atomic E-state index is 0.101. The average Bonchev–Trinajstić information content (AvgIpc) is 2.46. The fraction of sp³-hybridized carbons (Fsp3) is 0.778. The Labute approximate surface area is 82.0 Å².